The summed E-state index contributed by atoms with van der Waals surface area (Å²) >= 11 is 0. The molecule has 0 radical (unpaired) electrons. The Bertz CT molecular complexity index is 1060. The molecule has 0 bridgehead atoms. The monoisotopic (exact) mass is 419 g/mol. The van der Waals surface area contributed by atoms with Crippen molar-refractivity contribution in [2.45, 2.75) is 31.1 Å². The topological polar surface area (TPSA) is 175 Å². The lowest BCUT2D eigenvalue weighted by molar-refractivity contribution is -0.0511. The van der Waals surface area contributed by atoms with Crippen LogP contribution >= 0.6 is 0 Å². The Kier molecular flexibility index (Phi) is 5.30. The molecule has 4 atom stereocenters. The van der Waals surface area contributed by atoms with E-state index in [0.29, 0.717) is 28.3 Å². The summed E-state index contributed by atoms with van der Waals surface area (Å²) < 4.78 is 12.2. The molecule has 1 aliphatic heterocycles. The Morgan fingerprint density at radius 3 is 2.67 bits per heavy atom. The van der Waals surface area contributed by atoms with E-state index in [9.17, 15) is 25.5 Å². The number of aliphatic hydroxyl groups excluding tert-OH is 3. The minimum absolute atomic E-state index is 0.0657. The van der Waals surface area contributed by atoms with Gasteiger partial charge in [-0.05, 0) is 12.1 Å². The maximum atomic E-state index is 10.3. The van der Waals surface area contributed by atoms with Crippen LogP contribution in [0.3, 0.4) is 0 Å². The Balaban J connectivity index is 1.63. The van der Waals surface area contributed by atoms with Crippen LogP contribution < -0.4 is 10.1 Å². The standard InChI is InChI=1S/C18H21N5O7/c1-29-10-3-2-9(25)13(26)8(10)4-19-16-12-17(21-6-20-16)23(7-22-12)18-15(28)14(27)11(5-24)30-18/h2-3,6-7,11,14-15,18,24-28H,4-5H2,1H3,(H,19,20,21)/t11-,14-,15-,18-/m1/s1. The zero-order chi connectivity index (χ0) is 21.4. The Morgan fingerprint density at radius 1 is 1.17 bits per heavy atom. The van der Waals surface area contributed by atoms with Gasteiger partial charge in [-0.3, -0.25) is 4.57 Å². The molecule has 12 nitrogen and oxygen atoms in total. The van der Waals surface area contributed by atoms with E-state index in [1.54, 1.807) is 0 Å². The van der Waals surface area contributed by atoms with Crippen molar-refractivity contribution in [3.63, 3.8) is 0 Å². The molecule has 0 saturated carbocycles. The van der Waals surface area contributed by atoms with E-state index in [2.05, 4.69) is 20.3 Å². The van der Waals surface area contributed by atoms with Crippen molar-refractivity contribution in [2.75, 3.05) is 19.0 Å². The number of benzene rings is 1. The number of ether oxygens (including phenoxy) is 2. The summed E-state index contributed by atoms with van der Waals surface area (Å²) in [5.74, 6) is 0.105. The third kappa shape index (κ3) is 3.25. The molecule has 2 aromatic heterocycles. The maximum Gasteiger partial charge on any atom is 0.167 e. The van der Waals surface area contributed by atoms with Gasteiger partial charge in [0.05, 0.1) is 25.6 Å². The van der Waals surface area contributed by atoms with Crippen LogP contribution in [0, 0.1) is 0 Å². The number of rotatable bonds is 6. The van der Waals surface area contributed by atoms with Gasteiger partial charge in [0.1, 0.15) is 30.4 Å². The number of hydrogen-bond donors (Lipinski definition) is 6. The number of phenolic OH excluding ortho intramolecular Hbond substituents is 2. The number of nitrogens with one attached hydrogen (secondary N) is 1. The summed E-state index contributed by atoms with van der Waals surface area (Å²) in [5, 5.41) is 52.5. The smallest absolute Gasteiger partial charge is 0.167 e. The van der Waals surface area contributed by atoms with Crippen LogP contribution in [-0.4, -0.2) is 77.1 Å². The molecule has 0 spiro atoms. The Labute approximate surface area is 170 Å². The minimum Gasteiger partial charge on any atom is -0.504 e. The van der Waals surface area contributed by atoms with Crippen molar-refractivity contribution >= 4 is 17.0 Å². The molecule has 0 unspecified atom stereocenters. The first-order valence-corrected chi connectivity index (χ1v) is 9.08. The molecular formula is C18H21N5O7. The minimum atomic E-state index is -1.28. The molecule has 0 aliphatic carbocycles. The number of imidazole rings is 1. The van der Waals surface area contributed by atoms with Crippen LogP contribution in [-0.2, 0) is 11.3 Å². The van der Waals surface area contributed by atoms with Gasteiger partial charge in [-0.25, -0.2) is 15.0 Å². The first-order chi connectivity index (χ1) is 14.5. The zero-order valence-corrected chi connectivity index (χ0v) is 15.9. The molecule has 12 heteroatoms. The van der Waals surface area contributed by atoms with E-state index >= 15 is 0 Å². The second-order valence-electron chi connectivity index (χ2n) is 6.74. The van der Waals surface area contributed by atoms with Crippen molar-refractivity contribution in [1.29, 1.82) is 0 Å². The van der Waals surface area contributed by atoms with E-state index < -0.39 is 31.1 Å². The third-order valence-electron chi connectivity index (χ3n) is 5.02. The van der Waals surface area contributed by atoms with Gasteiger partial charge in [0.15, 0.2) is 34.7 Å². The van der Waals surface area contributed by atoms with Crippen LogP contribution in [0.2, 0.25) is 0 Å². The van der Waals surface area contributed by atoms with E-state index in [1.165, 1.54) is 36.5 Å². The highest BCUT2D eigenvalue weighted by molar-refractivity contribution is 5.82. The molecule has 1 aliphatic rings. The Hall–Kier alpha value is -3.19. The predicted molar refractivity (Wildman–Crippen MR) is 102 cm³/mol. The number of phenols is 2. The molecule has 3 heterocycles. The maximum absolute atomic E-state index is 10.3. The van der Waals surface area contributed by atoms with Crippen LogP contribution in [0.1, 0.15) is 11.8 Å². The molecular weight excluding hydrogens is 398 g/mol. The molecule has 6 N–H and O–H groups in total. The van der Waals surface area contributed by atoms with E-state index in [0.717, 1.165) is 0 Å². The molecule has 4 rings (SSSR count). The summed E-state index contributed by atoms with van der Waals surface area (Å²) in [7, 11) is 1.45. The van der Waals surface area contributed by atoms with Crippen LogP contribution in [0.4, 0.5) is 5.82 Å². The molecule has 3 aromatic rings. The van der Waals surface area contributed by atoms with Gasteiger partial charge in [-0.15, -0.1) is 0 Å². The summed E-state index contributed by atoms with van der Waals surface area (Å²) in [5.41, 5.74) is 1.01. The van der Waals surface area contributed by atoms with Crippen LogP contribution in [0.15, 0.2) is 24.8 Å². The van der Waals surface area contributed by atoms with Gasteiger partial charge in [0.2, 0.25) is 0 Å². The number of nitrogens with zero attached hydrogens (tertiary/aromatic N) is 4. The van der Waals surface area contributed by atoms with Gasteiger partial charge >= 0.3 is 0 Å². The second kappa shape index (κ2) is 7.91. The molecule has 1 saturated heterocycles. The third-order valence-corrected chi connectivity index (χ3v) is 5.02. The number of aromatic hydroxyl groups is 2. The van der Waals surface area contributed by atoms with Gasteiger partial charge in [-0.1, -0.05) is 0 Å². The van der Waals surface area contributed by atoms with E-state index in [1.807, 2.05) is 0 Å². The highest BCUT2D eigenvalue weighted by Crippen LogP contribution is 2.36. The average molecular weight is 419 g/mol. The van der Waals surface area contributed by atoms with Gasteiger partial charge in [0.25, 0.3) is 0 Å². The highest BCUT2D eigenvalue weighted by atomic mass is 16.6. The lowest BCUT2D eigenvalue weighted by Gasteiger charge is -2.16. The summed E-state index contributed by atoms with van der Waals surface area (Å²) in [6.45, 7) is -0.380. The predicted octanol–water partition coefficient (Wildman–Crippen LogP) is -0.530. The fourth-order valence-corrected chi connectivity index (χ4v) is 3.42. The average Bonchev–Trinajstić information content (AvgIpc) is 3.30. The number of anilines is 1. The van der Waals surface area contributed by atoms with Crippen LogP contribution in [0.25, 0.3) is 11.2 Å². The van der Waals surface area contributed by atoms with E-state index in [4.69, 9.17) is 9.47 Å². The van der Waals surface area contributed by atoms with E-state index in [-0.39, 0.29) is 18.0 Å². The van der Waals surface area contributed by atoms with Crippen molar-refractivity contribution in [3.8, 4) is 17.2 Å². The lowest BCUT2D eigenvalue weighted by atomic mass is 10.1. The largest absolute Gasteiger partial charge is 0.504 e. The van der Waals surface area contributed by atoms with Crippen molar-refractivity contribution < 1.29 is 35.0 Å². The van der Waals surface area contributed by atoms with Gasteiger partial charge < -0.3 is 40.3 Å². The first-order valence-electron chi connectivity index (χ1n) is 9.08. The number of fused-ring (bicyclic) bond motifs is 1. The second-order valence-corrected chi connectivity index (χ2v) is 6.74. The number of aliphatic hydroxyl groups is 3. The first kappa shape index (κ1) is 20.1. The quantitative estimate of drug-likeness (QED) is 0.283. The van der Waals surface area contributed by atoms with Gasteiger partial charge in [-0.2, -0.15) is 0 Å². The molecule has 1 fully saturated rings. The van der Waals surface area contributed by atoms with Crippen molar-refractivity contribution in [3.05, 3.63) is 30.4 Å². The van der Waals surface area contributed by atoms with Crippen LogP contribution in [0.5, 0.6) is 17.2 Å². The van der Waals surface area contributed by atoms with Crippen molar-refractivity contribution in [2.24, 2.45) is 0 Å². The fraction of sp³-hybridized carbons (Fsp3) is 0.389. The van der Waals surface area contributed by atoms with Crippen molar-refractivity contribution in [1.82, 2.24) is 19.5 Å². The summed E-state index contributed by atoms with van der Waals surface area (Å²) in [6.07, 6.45) is -1.78. The van der Waals surface area contributed by atoms with Gasteiger partial charge in [0, 0.05) is 6.54 Å². The number of aromatic nitrogens is 4. The molecule has 1 aromatic carbocycles. The fourth-order valence-electron chi connectivity index (χ4n) is 3.42. The zero-order valence-electron chi connectivity index (χ0n) is 15.9. The Morgan fingerprint density at radius 2 is 1.97 bits per heavy atom. The molecule has 0 amide bonds. The normalized spacial score (nSPS) is 23.7. The lowest BCUT2D eigenvalue weighted by Crippen LogP contribution is -2.33. The molecule has 160 valence electrons. The highest BCUT2D eigenvalue weighted by Gasteiger charge is 2.44. The summed E-state index contributed by atoms with van der Waals surface area (Å²) in [4.78, 5) is 12.6. The number of hydrogen-bond acceptors (Lipinski definition) is 11. The number of methoxy groups -OCH3 is 1. The summed E-state index contributed by atoms with van der Waals surface area (Å²) in [6, 6.07) is 2.85. The SMILES string of the molecule is COc1ccc(O)c(O)c1CNc1ncnc2c1ncn2[C@@H]1O[C@H](CO)[C@@H](O)[C@H]1O. The molecule has 30 heavy (non-hydrogen) atoms.